The lowest BCUT2D eigenvalue weighted by Crippen LogP contribution is -2.24. The Kier molecular flexibility index (Phi) is 6.21. The van der Waals surface area contributed by atoms with Crippen LogP contribution >= 0.6 is 11.3 Å². The lowest BCUT2D eigenvalue weighted by molar-refractivity contribution is -0.128. The van der Waals surface area contributed by atoms with Gasteiger partial charge in [-0.3, -0.25) is 9.59 Å². The van der Waals surface area contributed by atoms with E-state index < -0.39 is 0 Å². The molecule has 0 aliphatic carbocycles. The summed E-state index contributed by atoms with van der Waals surface area (Å²) in [6.07, 6.45) is 0.285. The Bertz CT molecular complexity index is 979. The molecule has 6 heteroatoms. The topological polar surface area (TPSA) is 62.3 Å². The molecule has 3 rings (SSSR count). The van der Waals surface area contributed by atoms with E-state index >= 15 is 0 Å². The van der Waals surface area contributed by atoms with Gasteiger partial charge in [-0.05, 0) is 24.1 Å². The fraction of sp³-hybridized carbons (Fsp3) is 0.227. The second-order valence-electron chi connectivity index (χ2n) is 6.71. The maximum Gasteiger partial charge on any atom is 0.228 e. The summed E-state index contributed by atoms with van der Waals surface area (Å²) in [7, 11) is 1.74. The zero-order valence-electron chi connectivity index (χ0n) is 16.2. The third kappa shape index (κ3) is 5.04. The Morgan fingerprint density at radius 1 is 1.11 bits per heavy atom. The molecule has 0 unspecified atom stereocenters. The summed E-state index contributed by atoms with van der Waals surface area (Å²) in [5.74, 6) is -0.105. The minimum Gasteiger partial charge on any atom is -0.342 e. The van der Waals surface area contributed by atoms with Crippen LogP contribution < -0.4 is 5.32 Å². The van der Waals surface area contributed by atoms with Gasteiger partial charge in [-0.1, -0.05) is 42.5 Å². The number of para-hydroxylation sites is 1. The maximum atomic E-state index is 12.5. The molecule has 0 radical (unpaired) electrons. The fourth-order valence-corrected chi connectivity index (χ4v) is 3.44. The zero-order valence-corrected chi connectivity index (χ0v) is 17.0. The normalized spacial score (nSPS) is 10.5. The summed E-state index contributed by atoms with van der Waals surface area (Å²) in [4.78, 5) is 30.1. The summed E-state index contributed by atoms with van der Waals surface area (Å²) >= 11 is 1.62. The number of thiazole rings is 1. The number of carbonyl (C=O) groups is 2. The predicted molar refractivity (Wildman–Crippen MR) is 113 cm³/mol. The van der Waals surface area contributed by atoms with E-state index in [0.717, 1.165) is 33.1 Å². The number of hydrogen-bond acceptors (Lipinski definition) is 4. The van der Waals surface area contributed by atoms with Gasteiger partial charge in [0.05, 0.1) is 17.1 Å². The van der Waals surface area contributed by atoms with E-state index in [2.05, 4.69) is 10.3 Å². The molecular weight excluding hydrogens is 370 g/mol. The second-order valence-corrected chi connectivity index (χ2v) is 7.77. The molecule has 144 valence electrons. The van der Waals surface area contributed by atoms with Gasteiger partial charge in [-0.15, -0.1) is 11.3 Å². The number of nitrogens with one attached hydrogen (secondary N) is 1. The highest BCUT2D eigenvalue weighted by Crippen LogP contribution is 2.22. The molecule has 0 aliphatic heterocycles. The Morgan fingerprint density at radius 2 is 1.82 bits per heavy atom. The molecule has 2 amide bonds. The number of carbonyl (C=O) groups excluding carboxylic acids is 2. The van der Waals surface area contributed by atoms with E-state index in [-0.39, 0.29) is 18.2 Å². The Hall–Kier alpha value is -2.99. The summed E-state index contributed by atoms with van der Waals surface area (Å²) in [5.41, 5.74) is 4.58. The van der Waals surface area contributed by atoms with Crippen molar-refractivity contribution in [2.45, 2.75) is 26.8 Å². The van der Waals surface area contributed by atoms with Gasteiger partial charge >= 0.3 is 0 Å². The summed E-state index contributed by atoms with van der Waals surface area (Å²) < 4.78 is 0. The van der Waals surface area contributed by atoms with Gasteiger partial charge in [0.15, 0.2) is 0 Å². The number of anilines is 1. The van der Waals surface area contributed by atoms with E-state index in [1.54, 1.807) is 23.3 Å². The molecule has 0 aliphatic rings. The maximum absolute atomic E-state index is 12.5. The first-order valence-corrected chi connectivity index (χ1v) is 9.91. The van der Waals surface area contributed by atoms with Crippen LogP contribution in [0.2, 0.25) is 0 Å². The van der Waals surface area contributed by atoms with Crippen LogP contribution in [0.5, 0.6) is 0 Å². The van der Waals surface area contributed by atoms with Crippen LogP contribution in [0.25, 0.3) is 11.3 Å². The third-order valence-corrected chi connectivity index (χ3v) is 5.24. The van der Waals surface area contributed by atoms with Gasteiger partial charge in [-0.2, -0.15) is 0 Å². The van der Waals surface area contributed by atoms with Gasteiger partial charge in [-0.25, -0.2) is 4.98 Å². The lowest BCUT2D eigenvalue weighted by atomic mass is 10.1. The standard InChI is InChI=1S/C22H23N3O2S/c1-15-23-21(14-28-15)18-10-8-17(9-11-18)12-22(27)24-20-7-5-4-6-19(20)13-25(3)16(2)26/h4-11,14H,12-13H2,1-3H3,(H,24,27). The second kappa shape index (κ2) is 8.80. The molecule has 5 nitrogen and oxygen atoms in total. The molecule has 0 bridgehead atoms. The molecule has 2 aromatic carbocycles. The van der Waals surface area contributed by atoms with Crippen LogP contribution in [0.3, 0.4) is 0 Å². The van der Waals surface area contributed by atoms with Gasteiger partial charge in [0.25, 0.3) is 0 Å². The first-order chi connectivity index (χ1) is 13.4. The fourth-order valence-electron chi connectivity index (χ4n) is 2.82. The Labute approximate surface area is 169 Å². The van der Waals surface area contributed by atoms with Crippen molar-refractivity contribution in [1.29, 1.82) is 0 Å². The van der Waals surface area contributed by atoms with E-state index in [0.29, 0.717) is 6.54 Å². The van der Waals surface area contributed by atoms with Crippen LogP contribution in [-0.4, -0.2) is 28.7 Å². The van der Waals surface area contributed by atoms with Crippen LogP contribution in [0, 0.1) is 6.92 Å². The SMILES string of the molecule is CC(=O)N(C)Cc1ccccc1NC(=O)Cc1ccc(-c2csc(C)n2)cc1. The van der Waals surface area contributed by atoms with E-state index in [1.807, 2.05) is 60.8 Å². The average Bonchev–Trinajstić information content (AvgIpc) is 3.10. The van der Waals surface area contributed by atoms with Gasteiger partial charge < -0.3 is 10.2 Å². The zero-order chi connectivity index (χ0) is 20.1. The lowest BCUT2D eigenvalue weighted by Gasteiger charge is -2.18. The van der Waals surface area contributed by atoms with Gasteiger partial charge in [0.2, 0.25) is 11.8 Å². The largest absolute Gasteiger partial charge is 0.342 e. The Morgan fingerprint density at radius 3 is 2.46 bits per heavy atom. The molecule has 0 atom stereocenters. The number of amides is 2. The molecule has 1 aromatic heterocycles. The van der Waals surface area contributed by atoms with Crippen molar-refractivity contribution in [1.82, 2.24) is 9.88 Å². The summed E-state index contributed by atoms with van der Waals surface area (Å²) in [6.45, 7) is 3.96. The highest BCUT2D eigenvalue weighted by molar-refractivity contribution is 7.09. The minimum absolute atomic E-state index is 0.0171. The average molecular weight is 394 g/mol. The number of aromatic nitrogens is 1. The van der Waals surface area contributed by atoms with Gasteiger partial charge in [0.1, 0.15) is 0 Å². The first-order valence-electron chi connectivity index (χ1n) is 9.03. The minimum atomic E-state index is -0.0878. The van der Waals surface area contributed by atoms with E-state index in [1.165, 1.54) is 6.92 Å². The molecule has 0 saturated carbocycles. The van der Waals surface area contributed by atoms with Crippen molar-refractivity contribution in [2.24, 2.45) is 0 Å². The molecule has 1 N–H and O–H groups in total. The molecule has 3 aromatic rings. The van der Waals surface area contributed by atoms with Crippen LogP contribution in [0.4, 0.5) is 5.69 Å². The number of nitrogens with zero attached hydrogens (tertiary/aromatic N) is 2. The summed E-state index contributed by atoms with van der Waals surface area (Å²) in [6, 6.07) is 15.4. The molecule has 0 fully saturated rings. The van der Waals surface area contributed by atoms with Crippen LogP contribution in [0.15, 0.2) is 53.9 Å². The molecule has 28 heavy (non-hydrogen) atoms. The Balaban J connectivity index is 1.65. The van der Waals surface area contributed by atoms with E-state index in [9.17, 15) is 9.59 Å². The third-order valence-electron chi connectivity index (χ3n) is 4.47. The van der Waals surface area contributed by atoms with E-state index in [4.69, 9.17) is 0 Å². The monoisotopic (exact) mass is 393 g/mol. The first kappa shape index (κ1) is 19.8. The highest BCUT2D eigenvalue weighted by Gasteiger charge is 2.11. The van der Waals surface area contributed by atoms with Crippen molar-refractivity contribution in [2.75, 3.05) is 12.4 Å². The van der Waals surface area contributed by atoms with Crippen molar-refractivity contribution in [3.8, 4) is 11.3 Å². The molecule has 0 spiro atoms. The highest BCUT2D eigenvalue weighted by atomic mass is 32.1. The van der Waals surface area contributed by atoms with Crippen LogP contribution in [0.1, 0.15) is 23.1 Å². The number of aryl methyl sites for hydroxylation is 1. The number of hydrogen-bond donors (Lipinski definition) is 1. The van der Waals surface area contributed by atoms with Crippen molar-refractivity contribution < 1.29 is 9.59 Å². The van der Waals surface area contributed by atoms with Crippen molar-refractivity contribution >= 4 is 28.8 Å². The van der Waals surface area contributed by atoms with Crippen LogP contribution in [-0.2, 0) is 22.6 Å². The molecular formula is C22H23N3O2S. The predicted octanol–water partition coefficient (Wildman–Crippen LogP) is 4.28. The summed E-state index contributed by atoms with van der Waals surface area (Å²) in [5, 5.41) is 6.03. The molecule has 1 heterocycles. The quantitative estimate of drug-likeness (QED) is 0.680. The number of benzene rings is 2. The number of rotatable bonds is 6. The van der Waals surface area contributed by atoms with Crippen molar-refractivity contribution in [3.05, 3.63) is 70.0 Å². The van der Waals surface area contributed by atoms with Crippen molar-refractivity contribution in [3.63, 3.8) is 0 Å². The molecule has 0 saturated heterocycles. The van der Waals surface area contributed by atoms with Gasteiger partial charge in [0, 0.05) is 37.1 Å². The smallest absolute Gasteiger partial charge is 0.228 e.